The number of nitrogens with one attached hydrogen (secondary N) is 2. The van der Waals surface area contributed by atoms with Gasteiger partial charge in [0.2, 0.25) is 5.91 Å². The van der Waals surface area contributed by atoms with Crippen LogP contribution in [0, 0.1) is 0 Å². The van der Waals surface area contributed by atoms with Crippen LogP contribution in [0.25, 0.3) is 21.8 Å². The molecule has 1 aromatic heterocycles. The van der Waals surface area contributed by atoms with Gasteiger partial charge in [-0.15, -0.1) is 11.3 Å². The number of anilines is 2. The Kier molecular flexibility index (Phi) is 5.83. The van der Waals surface area contributed by atoms with Crippen molar-refractivity contribution in [3.63, 3.8) is 0 Å². The Bertz CT molecular complexity index is 1320. The van der Waals surface area contributed by atoms with E-state index in [0.29, 0.717) is 11.4 Å². The number of sulfonamides is 1. The highest BCUT2D eigenvalue weighted by atomic mass is 32.2. The van der Waals surface area contributed by atoms with Gasteiger partial charge in [-0.05, 0) is 36.4 Å². The van der Waals surface area contributed by atoms with E-state index in [2.05, 4.69) is 15.0 Å². The highest BCUT2D eigenvalue weighted by Crippen LogP contribution is 2.30. The third kappa shape index (κ3) is 4.99. The van der Waals surface area contributed by atoms with Crippen LogP contribution in [0.2, 0.25) is 0 Å². The van der Waals surface area contributed by atoms with Crippen LogP contribution in [0.4, 0.5) is 11.4 Å². The molecule has 4 rings (SSSR count). The van der Waals surface area contributed by atoms with Crippen molar-refractivity contribution in [2.75, 3.05) is 10.0 Å². The van der Waals surface area contributed by atoms with Crippen molar-refractivity contribution in [3.05, 3.63) is 84.2 Å². The molecule has 0 saturated heterocycles. The van der Waals surface area contributed by atoms with Gasteiger partial charge in [-0.3, -0.25) is 9.52 Å². The molecule has 0 aliphatic rings. The second-order valence-corrected chi connectivity index (χ2v) is 9.34. The average Bonchev–Trinajstić information content (AvgIpc) is 3.25. The van der Waals surface area contributed by atoms with Gasteiger partial charge >= 0.3 is 0 Å². The Morgan fingerprint density at radius 1 is 0.871 bits per heavy atom. The van der Waals surface area contributed by atoms with E-state index in [9.17, 15) is 13.2 Å². The van der Waals surface area contributed by atoms with Crippen LogP contribution in [-0.4, -0.2) is 19.3 Å². The molecular weight excluding hydrogens is 430 g/mol. The molecule has 31 heavy (non-hydrogen) atoms. The number of carbonyl (C=O) groups excluding carboxylic acids is 1. The summed E-state index contributed by atoms with van der Waals surface area (Å²) in [6.45, 7) is 1.39. The molecule has 1 heterocycles. The molecule has 8 heteroatoms. The minimum Gasteiger partial charge on any atom is -0.326 e. The summed E-state index contributed by atoms with van der Waals surface area (Å²) in [5, 5.41) is 5.47. The Labute approximate surface area is 184 Å². The van der Waals surface area contributed by atoms with E-state index in [1.165, 1.54) is 30.4 Å². The van der Waals surface area contributed by atoms with Crippen LogP contribution >= 0.6 is 11.3 Å². The summed E-state index contributed by atoms with van der Waals surface area (Å²) < 4.78 is 28.1. The molecule has 0 fully saturated rings. The second-order valence-electron chi connectivity index (χ2n) is 6.80. The molecule has 6 nitrogen and oxygen atoms in total. The minimum atomic E-state index is -3.78. The monoisotopic (exact) mass is 449 g/mol. The number of hydrogen-bond donors (Lipinski definition) is 2. The Balaban J connectivity index is 1.55. The molecule has 0 atom stereocenters. The lowest BCUT2D eigenvalue weighted by Crippen LogP contribution is -2.13. The van der Waals surface area contributed by atoms with Gasteiger partial charge in [-0.25, -0.2) is 13.4 Å². The zero-order valence-electron chi connectivity index (χ0n) is 16.6. The largest absolute Gasteiger partial charge is 0.326 e. The van der Waals surface area contributed by atoms with Crippen LogP contribution < -0.4 is 10.0 Å². The minimum absolute atomic E-state index is 0.104. The third-order valence-corrected chi connectivity index (χ3v) is 6.71. The number of thiazole rings is 1. The molecule has 156 valence electrons. The van der Waals surface area contributed by atoms with E-state index in [4.69, 9.17) is 0 Å². The molecule has 3 aromatic carbocycles. The normalized spacial score (nSPS) is 11.1. The quantitative estimate of drug-likeness (QED) is 0.422. The first-order valence-electron chi connectivity index (χ1n) is 9.42. The molecule has 0 aliphatic heterocycles. The lowest BCUT2D eigenvalue weighted by Gasteiger charge is -2.10. The number of carbonyl (C=O) groups is 1. The molecule has 0 unspecified atom stereocenters. The summed E-state index contributed by atoms with van der Waals surface area (Å²) in [5.41, 5.74) is 3.62. The number of nitrogens with zero attached hydrogens (tertiary/aromatic N) is 1. The first-order valence-corrected chi connectivity index (χ1v) is 11.8. The molecule has 0 spiro atoms. The van der Waals surface area contributed by atoms with Crippen LogP contribution in [0.15, 0.2) is 89.1 Å². The second kappa shape index (κ2) is 8.71. The number of aromatic nitrogens is 1. The van der Waals surface area contributed by atoms with Gasteiger partial charge in [0.15, 0.2) is 0 Å². The highest BCUT2D eigenvalue weighted by Gasteiger charge is 2.15. The molecule has 0 bridgehead atoms. The van der Waals surface area contributed by atoms with Crippen molar-refractivity contribution in [1.29, 1.82) is 0 Å². The lowest BCUT2D eigenvalue weighted by atomic mass is 10.1. The summed E-state index contributed by atoms with van der Waals surface area (Å²) in [6, 6.07) is 23.0. The first-order chi connectivity index (χ1) is 14.9. The summed E-state index contributed by atoms with van der Waals surface area (Å²) >= 11 is 1.54. The number of rotatable bonds is 6. The van der Waals surface area contributed by atoms with Gasteiger partial charge in [-0.2, -0.15) is 0 Å². The molecular formula is C23H19N3O3S2. The van der Waals surface area contributed by atoms with Gasteiger partial charge in [-0.1, -0.05) is 42.5 Å². The number of benzene rings is 3. The standard InChI is InChI=1S/C23H19N3O3S2/c1-16(27)24-19-10-12-21(13-11-19)31(28,29)26-20-9-5-8-18(14-20)22-15-30-23(25-22)17-6-3-2-4-7-17/h2-15,26H,1H3,(H,24,27). The van der Waals surface area contributed by atoms with Crippen molar-refractivity contribution in [2.45, 2.75) is 11.8 Å². The van der Waals surface area contributed by atoms with E-state index >= 15 is 0 Å². The lowest BCUT2D eigenvalue weighted by molar-refractivity contribution is -0.114. The maximum absolute atomic E-state index is 12.8. The molecule has 4 aromatic rings. The smallest absolute Gasteiger partial charge is 0.261 e. The fraction of sp³-hybridized carbons (Fsp3) is 0.0435. The Hall–Kier alpha value is -3.49. The van der Waals surface area contributed by atoms with Crippen LogP contribution in [-0.2, 0) is 14.8 Å². The van der Waals surface area contributed by atoms with Crippen molar-refractivity contribution in [3.8, 4) is 21.8 Å². The van der Waals surface area contributed by atoms with Crippen LogP contribution in [0.5, 0.6) is 0 Å². The number of hydrogen-bond acceptors (Lipinski definition) is 5. The third-order valence-electron chi connectivity index (χ3n) is 4.42. The predicted octanol–water partition coefficient (Wildman–Crippen LogP) is 5.24. The fourth-order valence-corrected chi connectivity index (χ4v) is 4.88. The summed E-state index contributed by atoms with van der Waals surface area (Å²) in [7, 11) is -3.78. The molecule has 0 saturated carbocycles. The number of amides is 1. The topological polar surface area (TPSA) is 88.2 Å². The van der Waals surface area contributed by atoms with E-state index in [1.807, 2.05) is 41.8 Å². The summed E-state index contributed by atoms with van der Waals surface area (Å²) in [5.74, 6) is -0.219. The van der Waals surface area contributed by atoms with Gasteiger partial charge in [0, 0.05) is 34.8 Å². The predicted molar refractivity (Wildman–Crippen MR) is 125 cm³/mol. The van der Waals surface area contributed by atoms with E-state index < -0.39 is 10.0 Å². The van der Waals surface area contributed by atoms with Gasteiger partial charge in [0.25, 0.3) is 10.0 Å². The first kappa shape index (κ1) is 20.8. The summed E-state index contributed by atoms with van der Waals surface area (Å²) in [6.07, 6.45) is 0. The van der Waals surface area contributed by atoms with Gasteiger partial charge in [0.1, 0.15) is 5.01 Å². The highest BCUT2D eigenvalue weighted by molar-refractivity contribution is 7.92. The molecule has 2 N–H and O–H groups in total. The van der Waals surface area contributed by atoms with E-state index in [0.717, 1.165) is 21.8 Å². The van der Waals surface area contributed by atoms with E-state index in [-0.39, 0.29) is 10.8 Å². The van der Waals surface area contributed by atoms with Crippen molar-refractivity contribution in [2.24, 2.45) is 0 Å². The Morgan fingerprint density at radius 2 is 1.58 bits per heavy atom. The van der Waals surface area contributed by atoms with Crippen molar-refractivity contribution < 1.29 is 13.2 Å². The molecule has 0 radical (unpaired) electrons. The SMILES string of the molecule is CC(=O)Nc1ccc(S(=O)(=O)Nc2cccc(-c3csc(-c4ccccc4)n3)c2)cc1. The zero-order valence-corrected chi connectivity index (χ0v) is 18.2. The van der Waals surface area contributed by atoms with Crippen molar-refractivity contribution in [1.82, 2.24) is 4.98 Å². The summed E-state index contributed by atoms with van der Waals surface area (Å²) in [4.78, 5) is 15.9. The van der Waals surface area contributed by atoms with Crippen molar-refractivity contribution >= 4 is 38.6 Å². The van der Waals surface area contributed by atoms with Crippen LogP contribution in [0.1, 0.15) is 6.92 Å². The maximum Gasteiger partial charge on any atom is 0.261 e. The average molecular weight is 450 g/mol. The zero-order chi connectivity index (χ0) is 21.8. The molecule has 1 amide bonds. The Morgan fingerprint density at radius 3 is 2.29 bits per heavy atom. The maximum atomic E-state index is 12.8. The van der Waals surface area contributed by atoms with Gasteiger partial charge in [0.05, 0.1) is 10.6 Å². The molecule has 0 aliphatic carbocycles. The van der Waals surface area contributed by atoms with Gasteiger partial charge < -0.3 is 5.32 Å². The fourth-order valence-electron chi connectivity index (χ4n) is 3.00. The van der Waals surface area contributed by atoms with E-state index in [1.54, 1.807) is 30.3 Å². The van der Waals surface area contributed by atoms with Crippen LogP contribution in [0.3, 0.4) is 0 Å².